The first-order valence-corrected chi connectivity index (χ1v) is 4.25. The molecule has 70 valence electrons. The minimum Gasteiger partial charge on any atom is -0.305 e. The molecule has 0 aliphatic carbocycles. The lowest BCUT2D eigenvalue weighted by molar-refractivity contribution is -0.135. The Bertz CT molecular complexity index is 180. The molecule has 1 amide bonds. The molecule has 1 atom stereocenters. The van der Waals surface area contributed by atoms with Gasteiger partial charge in [0.25, 0.3) is 5.91 Å². The molecule has 0 spiro atoms. The summed E-state index contributed by atoms with van der Waals surface area (Å²) in [7, 11) is 0. The molecule has 0 bridgehead atoms. The van der Waals surface area contributed by atoms with E-state index in [0.717, 1.165) is 19.4 Å². The maximum Gasteiger partial charge on any atom is 0.261 e. The standard InChI is InChI=1S/C8H16N2O2/c1-8(2)4-3-5-9-6(8)7(11)10-12/h6,9,12H,3-5H2,1-2H3,(H,10,11). The van der Waals surface area contributed by atoms with Gasteiger partial charge in [-0.15, -0.1) is 0 Å². The van der Waals surface area contributed by atoms with E-state index in [1.807, 2.05) is 13.8 Å². The van der Waals surface area contributed by atoms with Crippen molar-refractivity contribution in [2.24, 2.45) is 5.41 Å². The van der Waals surface area contributed by atoms with Crippen LogP contribution in [0.3, 0.4) is 0 Å². The molecule has 4 heteroatoms. The van der Waals surface area contributed by atoms with Crippen LogP contribution in [0.2, 0.25) is 0 Å². The summed E-state index contributed by atoms with van der Waals surface area (Å²) in [5, 5.41) is 11.6. The SMILES string of the molecule is CC1(C)CCCNC1C(=O)NO. The molecule has 0 aromatic carbocycles. The number of rotatable bonds is 1. The van der Waals surface area contributed by atoms with Gasteiger partial charge in [-0.05, 0) is 24.8 Å². The molecule has 3 N–H and O–H groups in total. The van der Waals surface area contributed by atoms with Crippen molar-refractivity contribution in [1.82, 2.24) is 10.8 Å². The zero-order chi connectivity index (χ0) is 9.19. The van der Waals surface area contributed by atoms with Crippen LogP contribution in [0.5, 0.6) is 0 Å². The van der Waals surface area contributed by atoms with Crippen LogP contribution < -0.4 is 10.8 Å². The van der Waals surface area contributed by atoms with E-state index in [9.17, 15) is 4.79 Å². The Kier molecular flexibility index (Phi) is 2.69. The summed E-state index contributed by atoms with van der Waals surface area (Å²) in [5.41, 5.74) is 1.62. The highest BCUT2D eigenvalue weighted by Gasteiger charge is 2.36. The number of hydrogen-bond donors (Lipinski definition) is 3. The number of hydrogen-bond acceptors (Lipinski definition) is 3. The minimum atomic E-state index is -0.334. The van der Waals surface area contributed by atoms with E-state index in [1.54, 1.807) is 5.48 Å². The van der Waals surface area contributed by atoms with E-state index >= 15 is 0 Å². The van der Waals surface area contributed by atoms with Crippen molar-refractivity contribution in [2.45, 2.75) is 32.7 Å². The average molecular weight is 172 g/mol. The zero-order valence-corrected chi connectivity index (χ0v) is 7.55. The number of nitrogens with one attached hydrogen (secondary N) is 2. The number of carbonyl (C=O) groups excluding carboxylic acids is 1. The van der Waals surface area contributed by atoms with Crippen molar-refractivity contribution < 1.29 is 10.0 Å². The molecule has 0 aromatic rings. The van der Waals surface area contributed by atoms with Crippen molar-refractivity contribution >= 4 is 5.91 Å². The number of piperidine rings is 1. The molecule has 0 radical (unpaired) electrons. The van der Waals surface area contributed by atoms with Gasteiger partial charge >= 0.3 is 0 Å². The Labute approximate surface area is 72.3 Å². The predicted octanol–water partition coefficient (Wildman–Crippen LogP) is 0.270. The second-order valence-corrected chi connectivity index (χ2v) is 3.96. The second-order valence-electron chi connectivity index (χ2n) is 3.96. The Morgan fingerprint density at radius 3 is 2.83 bits per heavy atom. The smallest absolute Gasteiger partial charge is 0.261 e. The molecule has 1 aliphatic rings. The zero-order valence-electron chi connectivity index (χ0n) is 7.55. The minimum absolute atomic E-state index is 0.0644. The Hall–Kier alpha value is -0.610. The van der Waals surface area contributed by atoms with Gasteiger partial charge in [0.1, 0.15) is 0 Å². The lowest BCUT2D eigenvalue weighted by Crippen LogP contribution is -2.55. The van der Waals surface area contributed by atoms with Gasteiger partial charge in [-0.1, -0.05) is 13.8 Å². The van der Waals surface area contributed by atoms with Crippen molar-refractivity contribution in [3.63, 3.8) is 0 Å². The predicted molar refractivity (Wildman–Crippen MR) is 44.7 cm³/mol. The van der Waals surface area contributed by atoms with E-state index in [-0.39, 0.29) is 17.4 Å². The molecule has 1 aliphatic heterocycles. The molecule has 0 saturated carbocycles. The first-order valence-electron chi connectivity index (χ1n) is 4.25. The van der Waals surface area contributed by atoms with E-state index in [4.69, 9.17) is 5.21 Å². The van der Waals surface area contributed by atoms with E-state index < -0.39 is 0 Å². The molecule has 1 unspecified atom stereocenters. The third-order valence-corrected chi connectivity index (χ3v) is 2.50. The lowest BCUT2D eigenvalue weighted by atomic mass is 9.77. The van der Waals surface area contributed by atoms with Gasteiger partial charge in [0.05, 0.1) is 6.04 Å². The molecule has 1 fully saturated rings. The van der Waals surface area contributed by atoms with Crippen molar-refractivity contribution in [1.29, 1.82) is 0 Å². The first kappa shape index (κ1) is 9.48. The summed E-state index contributed by atoms with van der Waals surface area (Å²) in [6.07, 6.45) is 2.10. The molecule has 4 nitrogen and oxygen atoms in total. The van der Waals surface area contributed by atoms with E-state index in [0.29, 0.717) is 0 Å². The van der Waals surface area contributed by atoms with Crippen molar-refractivity contribution in [3.8, 4) is 0 Å². The fraction of sp³-hybridized carbons (Fsp3) is 0.875. The topological polar surface area (TPSA) is 61.4 Å². The summed E-state index contributed by atoms with van der Waals surface area (Å²) in [6, 6.07) is -0.267. The van der Waals surface area contributed by atoms with Gasteiger partial charge in [0.2, 0.25) is 0 Å². The van der Waals surface area contributed by atoms with Crippen LogP contribution in [0.25, 0.3) is 0 Å². The fourth-order valence-corrected chi connectivity index (χ4v) is 1.72. The van der Waals surface area contributed by atoms with Gasteiger partial charge in [-0.3, -0.25) is 10.0 Å². The van der Waals surface area contributed by atoms with Crippen LogP contribution >= 0.6 is 0 Å². The third kappa shape index (κ3) is 1.76. The van der Waals surface area contributed by atoms with E-state index in [1.165, 1.54) is 0 Å². The molecule has 1 heterocycles. The van der Waals surface area contributed by atoms with Gasteiger partial charge in [-0.2, -0.15) is 0 Å². The Morgan fingerprint density at radius 1 is 1.67 bits per heavy atom. The summed E-state index contributed by atoms with van der Waals surface area (Å²) >= 11 is 0. The molecule has 12 heavy (non-hydrogen) atoms. The maximum atomic E-state index is 11.2. The highest BCUT2D eigenvalue weighted by atomic mass is 16.5. The summed E-state index contributed by atoms with van der Waals surface area (Å²) in [6.45, 7) is 4.90. The maximum absolute atomic E-state index is 11.2. The van der Waals surface area contributed by atoms with Gasteiger partial charge in [0, 0.05) is 0 Å². The van der Waals surface area contributed by atoms with Crippen LogP contribution in [0.4, 0.5) is 0 Å². The molecule has 1 saturated heterocycles. The highest BCUT2D eigenvalue weighted by Crippen LogP contribution is 2.29. The normalized spacial score (nSPS) is 28.1. The largest absolute Gasteiger partial charge is 0.305 e. The van der Waals surface area contributed by atoms with Crippen LogP contribution in [0.15, 0.2) is 0 Å². The van der Waals surface area contributed by atoms with Crippen LogP contribution in [0, 0.1) is 5.41 Å². The lowest BCUT2D eigenvalue weighted by Gasteiger charge is -2.37. The number of amides is 1. The Morgan fingerprint density at radius 2 is 2.33 bits per heavy atom. The quantitative estimate of drug-likeness (QED) is 0.393. The summed E-state index contributed by atoms with van der Waals surface area (Å²) in [5.74, 6) is -0.334. The third-order valence-electron chi connectivity index (χ3n) is 2.50. The molecular weight excluding hydrogens is 156 g/mol. The monoisotopic (exact) mass is 172 g/mol. The first-order chi connectivity index (χ1) is 5.58. The number of carbonyl (C=O) groups is 1. The number of hydroxylamine groups is 1. The van der Waals surface area contributed by atoms with E-state index in [2.05, 4.69) is 5.32 Å². The Balaban J connectivity index is 2.66. The van der Waals surface area contributed by atoms with Crippen LogP contribution in [-0.4, -0.2) is 23.7 Å². The molecule has 1 rings (SSSR count). The van der Waals surface area contributed by atoms with Crippen LogP contribution in [0.1, 0.15) is 26.7 Å². The second kappa shape index (κ2) is 3.41. The molecule has 0 aromatic heterocycles. The van der Waals surface area contributed by atoms with Crippen molar-refractivity contribution in [2.75, 3.05) is 6.54 Å². The summed E-state index contributed by atoms with van der Waals surface area (Å²) in [4.78, 5) is 11.2. The van der Waals surface area contributed by atoms with Gasteiger partial charge in [0.15, 0.2) is 0 Å². The average Bonchev–Trinajstić information content (AvgIpc) is 2.02. The molecular formula is C8H16N2O2. The highest BCUT2D eigenvalue weighted by molar-refractivity contribution is 5.81. The fourth-order valence-electron chi connectivity index (χ4n) is 1.72. The van der Waals surface area contributed by atoms with Crippen molar-refractivity contribution in [3.05, 3.63) is 0 Å². The summed E-state index contributed by atoms with van der Waals surface area (Å²) < 4.78 is 0. The van der Waals surface area contributed by atoms with Crippen LogP contribution in [-0.2, 0) is 4.79 Å². The van der Waals surface area contributed by atoms with Gasteiger partial charge < -0.3 is 5.32 Å². The van der Waals surface area contributed by atoms with Gasteiger partial charge in [-0.25, -0.2) is 5.48 Å².